The van der Waals surface area contributed by atoms with Gasteiger partial charge in [-0.3, -0.25) is 4.98 Å². The molecule has 0 spiro atoms. The van der Waals surface area contributed by atoms with Gasteiger partial charge < -0.3 is 5.32 Å². The van der Waals surface area contributed by atoms with Crippen LogP contribution in [0, 0.1) is 13.8 Å². The number of nitrogens with one attached hydrogen (secondary N) is 1. The summed E-state index contributed by atoms with van der Waals surface area (Å²) in [5, 5.41) is 3.93. The van der Waals surface area contributed by atoms with Crippen molar-refractivity contribution in [2.45, 2.75) is 27.2 Å². The van der Waals surface area contributed by atoms with Crippen molar-refractivity contribution < 1.29 is 0 Å². The summed E-state index contributed by atoms with van der Waals surface area (Å²) in [5.74, 6) is 1.50. The summed E-state index contributed by atoms with van der Waals surface area (Å²) in [5.41, 5.74) is 2.76. The zero-order valence-corrected chi connectivity index (χ0v) is 12.1. The molecule has 0 aliphatic carbocycles. The Morgan fingerprint density at radius 1 is 1.21 bits per heavy atom. The number of hydrogen-bond donors (Lipinski definition) is 1. The van der Waals surface area contributed by atoms with E-state index in [1.807, 2.05) is 19.9 Å². The van der Waals surface area contributed by atoms with E-state index in [9.17, 15) is 0 Å². The molecular weight excluding hydrogens is 260 g/mol. The van der Waals surface area contributed by atoms with E-state index in [-0.39, 0.29) is 0 Å². The zero-order valence-electron chi connectivity index (χ0n) is 11.4. The van der Waals surface area contributed by atoms with Crippen LogP contribution < -0.4 is 5.32 Å². The molecule has 2 aromatic heterocycles. The van der Waals surface area contributed by atoms with Gasteiger partial charge in [0, 0.05) is 24.0 Å². The van der Waals surface area contributed by atoms with E-state index in [1.54, 1.807) is 12.3 Å². The summed E-state index contributed by atoms with van der Waals surface area (Å²) >= 11 is 5.84. The molecule has 0 saturated carbocycles. The van der Waals surface area contributed by atoms with E-state index in [4.69, 9.17) is 11.6 Å². The van der Waals surface area contributed by atoms with E-state index in [2.05, 4.69) is 27.2 Å². The number of aryl methyl sites for hydroxylation is 1. The molecule has 2 heterocycles. The molecule has 1 N–H and O–H groups in total. The van der Waals surface area contributed by atoms with Crippen molar-refractivity contribution >= 4 is 17.4 Å². The first-order valence-corrected chi connectivity index (χ1v) is 6.70. The van der Waals surface area contributed by atoms with Crippen molar-refractivity contribution in [2.24, 2.45) is 0 Å². The summed E-state index contributed by atoms with van der Waals surface area (Å²) in [6, 6.07) is 3.62. The summed E-state index contributed by atoms with van der Waals surface area (Å²) < 4.78 is 0. The fourth-order valence-electron chi connectivity index (χ4n) is 1.67. The molecular formula is C14H17ClN4. The molecule has 2 aromatic rings. The van der Waals surface area contributed by atoms with Gasteiger partial charge >= 0.3 is 0 Å². The fourth-order valence-corrected chi connectivity index (χ4v) is 1.78. The molecule has 0 aromatic carbocycles. The first-order chi connectivity index (χ1) is 9.11. The average molecular weight is 277 g/mol. The van der Waals surface area contributed by atoms with Crippen molar-refractivity contribution in [1.29, 1.82) is 0 Å². The monoisotopic (exact) mass is 276 g/mol. The second-order valence-electron chi connectivity index (χ2n) is 4.39. The third-order valence-corrected chi connectivity index (χ3v) is 3.11. The Hall–Kier alpha value is -1.68. The highest BCUT2D eigenvalue weighted by molar-refractivity contribution is 6.30. The van der Waals surface area contributed by atoms with Crippen LogP contribution in [0.1, 0.15) is 24.6 Å². The predicted octanol–water partition coefficient (Wildman–Crippen LogP) is 3.63. The highest BCUT2D eigenvalue weighted by atomic mass is 35.5. The first-order valence-electron chi connectivity index (χ1n) is 6.33. The predicted molar refractivity (Wildman–Crippen MR) is 78.5 cm³/mol. The number of halogens is 1. The minimum Gasteiger partial charge on any atom is -0.370 e. The molecule has 0 radical (unpaired) electrons. The van der Waals surface area contributed by atoms with Crippen LogP contribution in [-0.2, 0) is 0 Å². The summed E-state index contributed by atoms with van der Waals surface area (Å²) in [6.07, 6.45) is 2.66. The van der Waals surface area contributed by atoms with Crippen LogP contribution in [0.5, 0.6) is 0 Å². The van der Waals surface area contributed by atoms with Gasteiger partial charge in [-0.05, 0) is 32.4 Å². The van der Waals surface area contributed by atoms with Gasteiger partial charge in [0.25, 0.3) is 0 Å². The number of pyridine rings is 1. The lowest BCUT2D eigenvalue weighted by Gasteiger charge is -2.11. The van der Waals surface area contributed by atoms with Crippen molar-refractivity contribution in [3.05, 3.63) is 34.6 Å². The molecule has 0 unspecified atom stereocenters. The van der Waals surface area contributed by atoms with Gasteiger partial charge in [0.15, 0.2) is 5.82 Å². The maximum Gasteiger partial charge on any atom is 0.180 e. The van der Waals surface area contributed by atoms with Crippen LogP contribution in [0.15, 0.2) is 18.3 Å². The van der Waals surface area contributed by atoms with Crippen molar-refractivity contribution in [2.75, 3.05) is 11.9 Å². The quantitative estimate of drug-likeness (QED) is 0.926. The molecule has 0 saturated heterocycles. The molecule has 4 nitrogen and oxygen atoms in total. The minimum absolute atomic E-state index is 0.608. The Bertz CT molecular complexity index is 566. The fraction of sp³-hybridized carbons (Fsp3) is 0.357. The van der Waals surface area contributed by atoms with E-state index >= 15 is 0 Å². The van der Waals surface area contributed by atoms with E-state index < -0.39 is 0 Å². The lowest BCUT2D eigenvalue weighted by Crippen LogP contribution is -2.07. The third-order valence-electron chi connectivity index (χ3n) is 2.89. The second kappa shape index (κ2) is 5.97. The van der Waals surface area contributed by atoms with Crippen LogP contribution in [0.3, 0.4) is 0 Å². The SMILES string of the molecule is CCCNc1nc(-c2ccc(Cl)cn2)nc(C)c1C. The molecule has 0 bridgehead atoms. The van der Waals surface area contributed by atoms with Crippen LogP contribution in [-0.4, -0.2) is 21.5 Å². The molecule has 0 aliphatic heterocycles. The molecule has 0 amide bonds. The zero-order chi connectivity index (χ0) is 13.8. The summed E-state index contributed by atoms with van der Waals surface area (Å²) in [6.45, 7) is 7.02. The highest BCUT2D eigenvalue weighted by Crippen LogP contribution is 2.21. The van der Waals surface area contributed by atoms with E-state index in [0.29, 0.717) is 10.8 Å². The summed E-state index contributed by atoms with van der Waals surface area (Å²) in [4.78, 5) is 13.3. The number of hydrogen-bond acceptors (Lipinski definition) is 4. The molecule has 0 aliphatic rings. The third kappa shape index (κ3) is 3.20. The first kappa shape index (κ1) is 13.7. The van der Waals surface area contributed by atoms with Gasteiger partial charge in [0.2, 0.25) is 0 Å². The van der Waals surface area contributed by atoms with Crippen LogP contribution in [0.2, 0.25) is 5.02 Å². The molecule has 100 valence electrons. The highest BCUT2D eigenvalue weighted by Gasteiger charge is 2.10. The van der Waals surface area contributed by atoms with Crippen molar-refractivity contribution in [1.82, 2.24) is 15.0 Å². The maximum absolute atomic E-state index is 5.84. The lowest BCUT2D eigenvalue weighted by molar-refractivity contribution is 0.953. The van der Waals surface area contributed by atoms with Gasteiger partial charge in [-0.25, -0.2) is 9.97 Å². The number of aromatic nitrogens is 3. The van der Waals surface area contributed by atoms with Crippen molar-refractivity contribution in [3.63, 3.8) is 0 Å². The van der Waals surface area contributed by atoms with Crippen LogP contribution in [0.25, 0.3) is 11.5 Å². The minimum atomic E-state index is 0.608. The average Bonchev–Trinajstić information content (AvgIpc) is 2.41. The Morgan fingerprint density at radius 2 is 2.00 bits per heavy atom. The topological polar surface area (TPSA) is 50.7 Å². The standard InChI is InChI=1S/C14H17ClN4/c1-4-7-16-13-9(2)10(3)18-14(19-13)12-6-5-11(15)8-17-12/h5-6,8H,4,7H2,1-3H3,(H,16,18,19). The van der Waals surface area contributed by atoms with Crippen molar-refractivity contribution in [3.8, 4) is 11.5 Å². The van der Waals surface area contributed by atoms with E-state index in [0.717, 1.165) is 35.7 Å². The normalized spacial score (nSPS) is 10.5. The smallest absolute Gasteiger partial charge is 0.180 e. The van der Waals surface area contributed by atoms with Gasteiger partial charge in [-0.15, -0.1) is 0 Å². The molecule has 19 heavy (non-hydrogen) atoms. The van der Waals surface area contributed by atoms with Gasteiger partial charge in [0.05, 0.1) is 5.02 Å². The van der Waals surface area contributed by atoms with Gasteiger partial charge in [0.1, 0.15) is 11.5 Å². The number of anilines is 1. The Morgan fingerprint density at radius 3 is 2.63 bits per heavy atom. The Kier molecular flexibility index (Phi) is 4.32. The lowest BCUT2D eigenvalue weighted by atomic mass is 10.2. The molecule has 0 fully saturated rings. The van der Waals surface area contributed by atoms with Gasteiger partial charge in [-0.2, -0.15) is 0 Å². The molecule has 5 heteroatoms. The Labute approximate surface area is 118 Å². The van der Waals surface area contributed by atoms with Crippen LogP contribution >= 0.6 is 11.6 Å². The Balaban J connectivity index is 2.40. The van der Waals surface area contributed by atoms with Gasteiger partial charge in [-0.1, -0.05) is 18.5 Å². The molecule has 2 rings (SSSR count). The second-order valence-corrected chi connectivity index (χ2v) is 4.83. The largest absolute Gasteiger partial charge is 0.370 e. The maximum atomic E-state index is 5.84. The number of nitrogens with zero attached hydrogens (tertiary/aromatic N) is 3. The van der Waals surface area contributed by atoms with E-state index in [1.165, 1.54) is 0 Å². The number of rotatable bonds is 4. The summed E-state index contributed by atoms with van der Waals surface area (Å²) in [7, 11) is 0. The van der Waals surface area contributed by atoms with Crippen LogP contribution in [0.4, 0.5) is 5.82 Å². The molecule has 0 atom stereocenters.